The Labute approximate surface area is 127 Å². The van der Waals surface area contributed by atoms with Crippen molar-refractivity contribution in [1.82, 2.24) is 10.2 Å². The van der Waals surface area contributed by atoms with Crippen LogP contribution in [0.15, 0.2) is 24.3 Å². The molecule has 1 aliphatic rings. The number of amides is 1. The lowest BCUT2D eigenvalue weighted by Crippen LogP contribution is -2.40. The smallest absolute Gasteiger partial charge is 0.238 e. The minimum Gasteiger partial charge on any atom is -0.494 e. The van der Waals surface area contributed by atoms with E-state index in [0.717, 1.165) is 24.3 Å². The van der Waals surface area contributed by atoms with Crippen LogP contribution in [0, 0.1) is 5.92 Å². The summed E-state index contributed by atoms with van der Waals surface area (Å²) in [5.41, 5.74) is 1.11. The van der Waals surface area contributed by atoms with Crippen LogP contribution >= 0.6 is 0 Å². The van der Waals surface area contributed by atoms with E-state index in [0.29, 0.717) is 12.5 Å². The summed E-state index contributed by atoms with van der Waals surface area (Å²) in [5, 5.41) is 3.31. The Kier molecular flexibility index (Phi) is 5.23. The molecule has 1 aromatic rings. The van der Waals surface area contributed by atoms with Crippen molar-refractivity contribution in [3.63, 3.8) is 0 Å². The molecule has 116 valence electrons. The molecule has 0 aromatic heterocycles. The van der Waals surface area contributed by atoms with Gasteiger partial charge in [-0.3, -0.25) is 10.1 Å². The number of hydrogen-bond donors (Lipinski definition) is 1. The van der Waals surface area contributed by atoms with Gasteiger partial charge in [-0.05, 0) is 37.0 Å². The van der Waals surface area contributed by atoms with Crippen LogP contribution in [0.5, 0.6) is 5.75 Å². The van der Waals surface area contributed by atoms with Crippen molar-refractivity contribution in [1.29, 1.82) is 0 Å². The second-order valence-corrected chi connectivity index (χ2v) is 5.99. The fourth-order valence-electron chi connectivity index (χ4n) is 2.55. The normalized spacial score (nSPS) is 20.1. The van der Waals surface area contributed by atoms with Crippen LogP contribution in [0.2, 0.25) is 0 Å². The Morgan fingerprint density at radius 2 is 1.95 bits per heavy atom. The predicted octanol–water partition coefficient (Wildman–Crippen LogP) is 2.95. The van der Waals surface area contributed by atoms with Gasteiger partial charge in [0, 0.05) is 6.04 Å². The summed E-state index contributed by atoms with van der Waals surface area (Å²) >= 11 is 0. The number of nitrogens with one attached hydrogen (secondary N) is 1. The third-order valence-corrected chi connectivity index (χ3v) is 4.09. The van der Waals surface area contributed by atoms with Crippen LogP contribution in [-0.2, 0) is 4.79 Å². The van der Waals surface area contributed by atoms with Crippen molar-refractivity contribution in [3.05, 3.63) is 29.8 Å². The van der Waals surface area contributed by atoms with Gasteiger partial charge in [-0.1, -0.05) is 32.9 Å². The fraction of sp³-hybridized carbons (Fsp3) is 0.588. The molecule has 2 unspecified atom stereocenters. The molecule has 0 spiro atoms. The summed E-state index contributed by atoms with van der Waals surface area (Å²) in [6.45, 7) is 9.64. The molecule has 1 heterocycles. The van der Waals surface area contributed by atoms with E-state index < -0.39 is 0 Å². The van der Waals surface area contributed by atoms with Crippen molar-refractivity contribution in [2.45, 2.75) is 46.3 Å². The van der Waals surface area contributed by atoms with E-state index in [9.17, 15) is 4.79 Å². The SMILES string of the molecule is CCCOc1ccc(C2NCC(=O)N2C(C)C(C)C)cc1. The molecule has 1 fully saturated rings. The maximum atomic E-state index is 12.2. The molecular weight excluding hydrogens is 264 g/mol. The van der Waals surface area contributed by atoms with Gasteiger partial charge in [-0.2, -0.15) is 0 Å². The average Bonchev–Trinajstić information content (AvgIpc) is 2.86. The van der Waals surface area contributed by atoms with Gasteiger partial charge in [0.1, 0.15) is 11.9 Å². The second kappa shape index (κ2) is 6.94. The molecule has 0 radical (unpaired) electrons. The van der Waals surface area contributed by atoms with Gasteiger partial charge < -0.3 is 9.64 Å². The highest BCUT2D eigenvalue weighted by Crippen LogP contribution is 2.28. The molecule has 21 heavy (non-hydrogen) atoms. The summed E-state index contributed by atoms with van der Waals surface area (Å²) in [6.07, 6.45) is 0.968. The number of rotatable bonds is 6. The fourth-order valence-corrected chi connectivity index (χ4v) is 2.55. The molecule has 2 atom stereocenters. The van der Waals surface area contributed by atoms with Crippen LogP contribution < -0.4 is 10.1 Å². The van der Waals surface area contributed by atoms with Crippen LogP contribution in [-0.4, -0.2) is 30.0 Å². The molecule has 4 heteroatoms. The monoisotopic (exact) mass is 290 g/mol. The molecule has 1 aromatic carbocycles. The number of nitrogens with zero attached hydrogens (tertiary/aromatic N) is 1. The van der Waals surface area contributed by atoms with Crippen molar-refractivity contribution < 1.29 is 9.53 Å². The van der Waals surface area contributed by atoms with E-state index in [1.165, 1.54) is 0 Å². The summed E-state index contributed by atoms with van der Waals surface area (Å²) in [4.78, 5) is 14.1. The highest BCUT2D eigenvalue weighted by Gasteiger charge is 2.35. The van der Waals surface area contributed by atoms with Crippen LogP contribution in [0.3, 0.4) is 0 Å². The largest absolute Gasteiger partial charge is 0.494 e. The first kappa shape index (κ1) is 15.8. The first-order valence-electron chi connectivity index (χ1n) is 7.82. The Balaban J connectivity index is 2.14. The minimum atomic E-state index is -0.0323. The van der Waals surface area contributed by atoms with Crippen molar-refractivity contribution in [2.75, 3.05) is 13.2 Å². The maximum absolute atomic E-state index is 12.2. The van der Waals surface area contributed by atoms with Gasteiger partial charge in [0.2, 0.25) is 5.91 Å². The van der Waals surface area contributed by atoms with Crippen LogP contribution in [0.1, 0.15) is 45.8 Å². The van der Waals surface area contributed by atoms with E-state index in [1.54, 1.807) is 0 Å². The minimum absolute atomic E-state index is 0.0323. The topological polar surface area (TPSA) is 41.6 Å². The molecule has 1 N–H and O–H groups in total. The Morgan fingerprint density at radius 3 is 2.52 bits per heavy atom. The molecule has 2 rings (SSSR count). The molecule has 0 saturated carbocycles. The van der Waals surface area contributed by atoms with Crippen LogP contribution in [0.25, 0.3) is 0 Å². The summed E-state index contributed by atoms with van der Waals surface area (Å²) in [7, 11) is 0. The highest BCUT2D eigenvalue weighted by molar-refractivity contribution is 5.81. The third-order valence-electron chi connectivity index (χ3n) is 4.09. The van der Waals surface area contributed by atoms with Crippen molar-refractivity contribution in [3.8, 4) is 5.75 Å². The number of hydrogen-bond acceptors (Lipinski definition) is 3. The summed E-state index contributed by atoms with van der Waals surface area (Å²) in [5.74, 6) is 1.49. The predicted molar refractivity (Wildman–Crippen MR) is 84.1 cm³/mol. The number of carbonyl (C=O) groups excluding carboxylic acids is 1. The van der Waals surface area contributed by atoms with Gasteiger partial charge in [0.05, 0.1) is 13.2 Å². The number of ether oxygens (including phenoxy) is 1. The lowest BCUT2D eigenvalue weighted by molar-refractivity contribution is -0.130. The van der Waals surface area contributed by atoms with Crippen molar-refractivity contribution >= 4 is 5.91 Å². The zero-order chi connectivity index (χ0) is 15.4. The standard InChI is InChI=1S/C17H26N2O2/c1-5-10-21-15-8-6-14(7-9-15)17-18-11-16(20)19(17)13(4)12(2)3/h6-9,12-13,17-18H,5,10-11H2,1-4H3. The Morgan fingerprint density at radius 1 is 1.29 bits per heavy atom. The Bertz CT molecular complexity index is 470. The molecule has 0 aliphatic carbocycles. The van der Waals surface area contributed by atoms with Gasteiger partial charge in [-0.25, -0.2) is 0 Å². The van der Waals surface area contributed by atoms with Gasteiger partial charge in [0.15, 0.2) is 0 Å². The second-order valence-electron chi connectivity index (χ2n) is 5.99. The van der Waals surface area contributed by atoms with Crippen molar-refractivity contribution in [2.24, 2.45) is 5.92 Å². The summed E-state index contributed by atoms with van der Waals surface area (Å²) < 4.78 is 5.61. The van der Waals surface area contributed by atoms with E-state index in [1.807, 2.05) is 29.2 Å². The number of benzene rings is 1. The average molecular weight is 290 g/mol. The molecule has 0 bridgehead atoms. The first-order chi connectivity index (χ1) is 10.0. The quantitative estimate of drug-likeness (QED) is 0.876. The van der Waals surface area contributed by atoms with Gasteiger partial charge in [-0.15, -0.1) is 0 Å². The lowest BCUT2D eigenvalue weighted by atomic mass is 10.0. The third kappa shape index (κ3) is 3.56. The molecular formula is C17H26N2O2. The zero-order valence-corrected chi connectivity index (χ0v) is 13.4. The molecule has 4 nitrogen and oxygen atoms in total. The Hall–Kier alpha value is -1.55. The van der Waals surface area contributed by atoms with E-state index in [4.69, 9.17) is 4.74 Å². The molecule has 1 amide bonds. The zero-order valence-electron chi connectivity index (χ0n) is 13.4. The highest BCUT2D eigenvalue weighted by atomic mass is 16.5. The van der Waals surface area contributed by atoms with Crippen LogP contribution in [0.4, 0.5) is 0 Å². The van der Waals surface area contributed by atoms with E-state index in [2.05, 4.69) is 33.0 Å². The van der Waals surface area contributed by atoms with E-state index in [-0.39, 0.29) is 18.1 Å². The lowest BCUT2D eigenvalue weighted by Gasteiger charge is -2.33. The first-order valence-corrected chi connectivity index (χ1v) is 7.82. The molecule has 1 saturated heterocycles. The summed E-state index contributed by atoms with van der Waals surface area (Å²) in [6, 6.07) is 8.26. The van der Waals surface area contributed by atoms with E-state index >= 15 is 0 Å². The van der Waals surface area contributed by atoms with Gasteiger partial charge in [0.25, 0.3) is 0 Å². The maximum Gasteiger partial charge on any atom is 0.238 e. The molecule has 1 aliphatic heterocycles. The van der Waals surface area contributed by atoms with Gasteiger partial charge >= 0.3 is 0 Å². The number of carbonyl (C=O) groups is 1.